The molecule has 0 atom stereocenters. The second kappa shape index (κ2) is 3.76. The number of H-pyrrole nitrogens is 1. The van der Waals surface area contributed by atoms with E-state index < -0.39 is 5.60 Å². The van der Waals surface area contributed by atoms with Crippen LogP contribution in [0.5, 0.6) is 0 Å². The normalized spacial score (nSPS) is 11.8. The number of hydrogen-bond acceptors (Lipinski definition) is 2. The van der Waals surface area contributed by atoms with Crippen LogP contribution in [0, 0.1) is 6.92 Å². The Bertz CT molecular complexity index is 480. The van der Waals surface area contributed by atoms with Gasteiger partial charge in [0.2, 0.25) is 0 Å². The Balaban J connectivity index is 2.47. The van der Waals surface area contributed by atoms with Crippen molar-refractivity contribution in [2.45, 2.75) is 26.4 Å². The minimum absolute atomic E-state index is 0.700. The van der Waals surface area contributed by atoms with E-state index >= 15 is 0 Å². The van der Waals surface area contributed by atoms with E-state index in [4.69, 9.17) is 0 Å². The van der Waals surface area contributed by atoms with E-state index in [0.29, 0.717) is 5.69 Å². The quantitative estimate of drug-likeness (QED) is 0.810. The fourth-order valence-corrected chi connectivity index (χ4v) is 1.79. The number of imidazole rings is 1. The summed E-state index contributed by atoms with van der Waals surface area (Å²) in [6, 6.07) is 9.89. The first-order chi connectivity index (χ1) is 7.48. The molecule has 3 nitrogen and oxygen atoms in total. The smallest absolute Gasteiger partial charge is 0.137 e. The van der Waals surface area contributed by atoms with Crippen LogP contribution in [0.25, 0.3) is 11.4 Å². The summed E-state index contributed by atoms with van der Waals surface area (Å²) < 4.78 is 0. The van der Waals surface area contributed by atoms with Crippen molar-refractivity contribution in [1.29, 1.82) is 0 Å². The summed E-state index contributed by atoms with van der Waals surface area (Å²) in [6.07, 6.45) is 0. The standard InChI is InChI=1S/C13H16N2O/c1-9-11(13(2,3)16)15-12(14-9)10-7-5-4-6-8-10/h4-8,16H,1-3H3,(H,14,15). The highest BCUT2D eigenvalue weighted by Crippen LogP contribution is 2.25. The van der Waals surface area contributed by atoms with Gasteiger partial charge in [0.15, 0.2) is 0 Å². The molecule has 0 spiro atoms. The number of aryl methyl sites for hydroxylation is 1. The van der Waals surface area contributed by atoms with E-state index in [-0.39, 0.29) is 0 Å². The fraction of sp³-hybridized carbons (Fsp3) is 0.308. The highest BCUT2D eigenvalue weighted by Gasteiger charge is 2.22. The molecule has 84 valence electrons. The van der Waals surface area contributed by atoms with Gasteiger partial charge in [0.25, 0.3) is 0 Å². The molecule has 0 amide bonds. The second-order valence-electron chi connectivity index (χ2n) is 4.48. The zero-order valence-electron chi connectivity index (χ0n) is 9.78. The molecule has 16 heavy (non-hydrogen) atoms. The van der Waals surface area contributed by atoms with Gasteiger partial charge in [0.1, 0.15) is 11.4 Å². The highest BCUT2D eigenvalue weighted by atomic mass is 16.3. The predicted molar refractivity (Wildman–Crippen MR) is 64.0 cm³/mol. The lowest BCUT2D eigenvalue weighted by Crippen LogP contribution is -2.17. The molecule has 0 radical (unpaired) electrons. The van der Waals surface area contributed by atoms with Gasteiger partial charge >= 0.3 is 0 Å². The van der Waals surface area contributed by atoms with Crippen LogP contribution >= 0.6 is 0 Å². The van der Waals surface area contributed by atoms with E-state index in [0.717, 1.165) is 17.1 Å². The van der Waals surface area contributed by atoms with Crippen LogP contribution in [0.3, 0.4) is 0 Å². The van der Waals surface area contributed by atoms with Gasteiger partial charge in [-0.05, 0) is 20.8 Å². The van der Waals surface area contributed by atoms with Crippen LogP contribution < -0.4 is 0 Å². The van der Waals surface area contributed by atoms with Gasteiger partial charge < -0.3 is 10.1 Å². The van der Waals surface area contributed by atoms with Gasteiger partial charge in [-0.3, -0.25) is 0 Å². The van der Waals surface area contributed by atoms with Crippen molar-refractivity contribution in [2.24, 2.45) is 0 Å². The van der Waals surface area contributed by atoms with Crippen LogP contribution in [-0.2, 0) is 5.60 Å². The minimum Gasteiger partial charge on any atom is -0.384 e. The maximum Gasteiger partial charge on any atom is 0.137 e. The fourth-order valence-electron chi connectivity index (χ4n) is 1.79. The third-order valence-corrected chi connectivity index (χ3v) is 2.51. The molecule has 1 aromatic carbocycles. The lowest BCUT2D eigenvalue weighted by molar-refractivity contribution is 0.0736. The lowest BCUT2D eigenvalue weighted by atomic mass is 10.0. The summed E-state index contributed by atoms with van der Waals surface area (Å²) >= 11 is 0. The topological polar surface area (TPSA) is 48.9 Å². The summed E-state index contributed by atoms with van der Waals surface area (Å²) in [5.41, 5.74) is 1.73. The Hall–Kier alpha value is -1.61. The van der Waals surface area contributed by atoms with Gasteiger partial charge in [-0.1, -0.05) is 30.3 Å². The van der Waals surface area contributed by atoms with Crippen LogP contribution in [0.1, 0.15) is 25.2 Å². The van der Waals surface area contributed by atoms with Gasteiger partial charge in [0.05, 0.1) is 5.69 Å². The third kappa shape index (κ3) is 1.99. The summed E-state index contributed by atoms with van der Waals surface area (Å²) in [5.74, 6) is 0.801. The van der Waals surface area contributed by atoms with Gasteiger partial charge in [-0.2, -0.15) is 0 Å². The van der Waals surface area contributed by atoms with Crippen molar-refractivity contribution >= 4 is 0 Å². The molecule has 1 heterocycles. The Morgan fingerprint density at radius 2 is 1.81 bits per heavy atom. The van der Waals surface area contributed by atoms with E-state index in [1.165, 1.54) is 0 Å². The average Bonchev–Trinajstić information content (AvgIpc) is 2.61. The molecule has 0 fully saturated rings. The molecule has 3 heteroatoms. The molecule has 0 aliphatic heterocycles. The maximum atomic E-state index is 9.95. The number of rotatable bonds is 2. The summed E-state index contributed by atoms with van der Waals surface area (Å²) in [5, 5.41) is 9.95. The van der Waals surface area contributed by atoms with Gasteiger partial charge in [0, 0.05) is 11.3 Å². The van der Waals surface area contributed by atoms with Gasteiger partial charge in [-0.15, -0.1) is 0 Å². The molecule has 0 aliphatic carbocycles. The number of nitrogens with one attached hydrogen (secondary N) is 1. The molecule has 0 aliphatic rings. The number of benzene rings is 1. The van der Waals surface area contributed by atoms with E-state index in [1.54, 1.807) is 13.8 Å². The molecule has 0 saturated heterocycles. The van der Waals surface area contributed by atoms with Crippen molar-refractivity contribution in [3.63, 3.8) is 0 Å². The van der Waals surface area contributed by atoms with Crippen LogP contribution in [0.2, 0.25) is 0 Å². The first-order valence-corrected chi connectivity index (χ1v) is 5.33. The number of aromatic amines is 1. The first kappa shape index (κ1) is 10.9. The number of nitrogens with zero attached hydrogens (tertiary/aromatic N) is 1. The average molecular weight is 216 g/mol. The Morgan fingerprint density at radius 3 is 2.31 bits per heavy atom. The van der Waals surface area contributed by atoms with E-state index in [1.807, 2.05) is 37.3 Å². The molecule has 0 unspecified atom stereocenters. The van der Waals surface area contributed by atoms with E-state index in [2.05, 4.69) is 9.97 Å². The molecule has 2 N–H and O–H groups in total. The monoisotopic (exact) mass is 216 g/mol. The highest BCUT2D eigenvalue weighted by molar-refractivity contribution is 5.55. The number of aromatic nitrogens is 2. The Morgan fingerprint density at radius 1 is 1.19 bits per heavy atom. The SMILES string of the molecule is Cc1[nH]c(-c2ccccc2)nc1C(C)(C)O. The largest absolute Gasteiger partial charge is 0.384 e. The van der Waals surface area contributed by atoms with Crippen molar-refractivity contribution in [1.82, 2.24) is 9.97 Å². The molecule has 2 aromatic rings. The number of hydrogen-bond donors (Lipinski definition) is 2. The minimum atomic E-state index is -0.909. The van der Waals surface area contributed by atoms with E-state index in [9.17, 15) is 5.11 Å². The van der Waals surface area contributed by atoms with Crippen LogP contribution in [0.15, 0.2) is 30.3 Å². The van der Waals surface area contributed by atoms with Crippen molar-refractivity contribution < 1.29 is 5.11 Å². The van der Waals surface area contributed by atoms with Crippen LogP contribution in [0.4, 0.5) is 0 Å². The first-order valence-electron chi connectivity index (χ1n) is 5.33. The maximum absolute atomic E-state index is 9.95. The second-order valence-corrected chi connectivity index (χ2v) is 4.48. The predicted octanol–water partition coefficient (Wildman–Crippen LogP) is 2.61. The third-order valence-electron chi connectivity index (χ3n) is 2.51. The molecule has 2 rings (SSSR count). The lowest BCUT2D eigenvalue weighted by Gasteiger charge is -2.14. The Labute approximate surface area is 95.2 Å². The molecular weight excluding hydrogens is 200 g/mol. The summed E-state index contributed by atoms with van der Waals surface area (Å²) in [6.45, 7) is 5.41. The summed E-state index contributed by atoms with van der Waals surface area (Å²) in [7, 11) is 0. The van der Waals surface area contributed by atoms with Crippen molar-refractivity contribution in [3.05, 3.63) is 41.7 Å². The van der Waals surface area contributed by atoms with Crippen molar-refractivity contribution in [2.75, 3.05) is 0 Å². The van der Waals surface area contributed by atoms with Crippen molar-refractivity contribution in [3.8, 4) is 11.4 Å². The Kier molecular flexibility index (Phi) is 2.56. The van der Waals surface area contributed by atoms with Crippen LogP contribution in [-0.4, -0.2) is 15.1 Å². The molecular formula is C13H16N2O. The number of aliphatic hydroxyl groups is 1. The molecule has 1 aromatic heterocycles. The molecule has 0 bridgehead atoms. The summed E-state index contributed by atoms with van der Waals surface area (Å²) in [4.78, 5) is 7.64. The zero-order valence-corrected chi connectivity index (χ0v) is 9.78. The van der Waals surface area contributed by atoms with Gasteiger partial charge in [-0.25, -0.2) is 4.98 Å². The molecule has 0 saturated carbocycles. The zero-order chi connectivity index (χ0) is 11.8.